The first kappa shape index (κ1) is 25.4. The van der Waals surface area contributed by atoms with Crippen molar-refractivity contribution in [1.29, 1.82) is 0 Å². The van der Waals surface area contributed by atoms with Crippen LogP contribution in [-0.2, 0) is 12.8 Å². The molecule has 182 valence electrons. The normalized spacial score (nSPS) is 15.1. The number of methoxy groups -OCH3 is 2. The Labute approximate surface area is 199 Å². The Morgan fingerprint density at radius 3 is 2.06 bits per heavy atom. The molecule has 0 heterocycles. The van der Waals surface area contributed by atoms with E-state index in [4.69, 9.17) is 14.2 Å². The Morgan fingerprint density at radius 2 is 1.48 bits per heavy atom. The van der Waals surface area contributed by atoms with Gasteiger partial charge in [0.25, 0.3) is 0 Å². The van der Waals surface area contributed by atoms with Crippen molar-refractivity contribution in [2.75, 3.05) is 41.0 Å². The summed E-state index contributed by atoms with van der Waals surface area (Å²) < 4.78 is 16.8. The Kier molecular flexibility index (Phi) is 9.04. The van der Waals surface area contributed by atoms with Crippen molar-refractivity contribution in [3.8, 4) is 17.2 Å². The molecule has 0 aromatic heterocycles. The van der Waals surface area contributed by atoms with E-state index in [1.54, 1.807) is 14.2 Å². The average molecular weight is 456 g/mol. The molecule has 0 unspecified atom stereocenters. The predicted molar refractivity (Wildman–Crippen MR) is 134 cm³/mol. The fourth-order valence-electron chi connectivity index (χ4n) is 4.66. The molecule has 0 radical (unpaired) electrons. The van der Waals surface area contributed by atoms with Crippen LogP contribution in [0.5, 0.6) is 17.2 Å². The highest BCUT2D eigenvalue weighted by Gasteiger charge is 2.30. The number of aliphatic hydroxyl groups is 1. The molecule has 0 aliphatic heterocycles. The molecule has 1 aliphatic carbocycles. The molecule has 5 heteroatoms. The molecule has 0 saturated carbocycles. The Balaban J connectivity index is 1.39. The third-order valence-electron chi connectivity index (χ3n) is 7.04. The molecule has 3 rings (SSSR count). The number of hydrogen-bond donors (Lipinski definition) is 1. The molecule has 1 aliphatic rings. The second-order valence-electron chi connectivity index (χ2n) is 9.56. The largest absolute Gasteiger partial charge is 0.494 e. The van der Waals surface area contributed by atoms with Gasteiger partial charge in [-0.05, 0) is 119 Å². The summed E-state index contributed by atoms with van der Waals surface area (Å²) in [7, 11) is 5.49. The molecule has 0 saturated heterocycles. The summed E-state index contributed by atoms with van der Waals surface area (Å²) in [5.41, 5.74) is 4.49. The third-order valence-corrected chi connectivity index (χ3v) is 7.04. The second kappa shape index (κ2) is 11.8. The molecule has 0 amide bonds. The fraction of sp³-hybridized carbons (Fsp3) is 0.571. The molecule has 2 aromatic carbocycles. The zero-order chi connectivity index (χ0) is 23.8. The summed E-state index contributed by atoms with van der Waals surface area (Å²) in [5, 5.41) is 11.3. The molecule has 2 aromatic rings. The van der Waals surface area contributed by atoms with E-state index in [-0.39, 0.29) is 0 Å². The third kappa shape index (κ3) is 7.12. The molecule has 5 nitrogen and oxygen atoms in total. The quantitative estimate of drug-likeness (QED) is 0.377. The lowest BCUT2D eigenvalue weighted by atomic mass is 9.89. The Morgan fingerprint density at radius 1 is 0.879 bits per heavy atom. The molecule has 0 atom stereocenters. The highest BCUT2D eigenvalue weighted by molar-refractivity contribution is 5.48. The van der Waals surface area contributed by atoms with Gasteiger partial charge in [-0.25, -0.2) is 0 Å². The van der Waals surface area contributed by atoms with E-state index in [2.05, 4.69) is 50.1 Å². The zero-order valence-corrected chi connectivity index (χ0v) is 21.1. The highest BCUT2D eigenvalue weighted by atomic mass is 16.5. The van der Waals surface area contributed by atoms with E-state index in [1.807, 2.05) is 6.07 Å². The molecule has 0 bridgehead atoms. The first-order chi connectivity index (χ1) is 15.8. The van der Waals surface area contributed by atoms with Crippen LogP contribution in [0.4, 0.5) is 0 Å². The van der Waals surface area contributed by atoms with Gasteiger partial charge in [0.15, 0.2) is 11.5 Å². The Bertz CT molecular complexity index is 876. The van der Waals surface area contributed by atoms with Crippen LogP contribution in [0.3, 0.4) is 0 Å². The van der Waals surface area contributed by atoms with Gasteiger partial charge in [-0.3, -0.25) is 0 Å². The molecule has 0 spiro atoms. The maximum absolute atomic E-state index is 11.3. The van der Waals surface area contributed by atoms with Crippen LogP contribution in [0.15, 0.2) is 30.3 Å². The predicted octanol–water partition coefficient (Wildman–Crippen LogP) is 5.11. The minimum absolute atomic E-state index is 0.604. The summed E-state index contributed by atoms with van der Waals surface area (Å²) in [6.07, 6.45) is 6.15. The van der Waals surface area contributed by atoms with Gasteiger partial charge < -0.3 is 24.2 Å². The van der Waals surface area contributed by atoms with E-state index in [9.17, 15) is 5.11 Å². The number of aryl methyl sites for hydroxylation is 4. The number of nitrogens with zero attached hydrogens (tertiary/aromatic N) is 1. The van der Waals surface area contributed by atoms with E-state index in [1.165, 1.54) is 22.3 Å². The van der Waals surface area contributed by atoms with Crippen molar-refractivity contribution in [3.05, 3.63) is 52.6 Å². The lowest BCUT2D eigenvalue weighted by Gasteiger charge is -2.27. The van der Waals surface area contributed by atoms with Crippen LogP contribution < -0.4 is 14.2 Å². The van der Waals surface area contributed by atoms with E-state index in [0.29, 0.717) is 0 Å². The summed E-state index contributed by atoms with van der Waals surface area (Å²) in [6, 6.07) is 10.4. The van der Waals surface area contributed by atoms with Crippen LogP contribution >= 0.6 is 0 Å². The first-order valence-corrected chi connectivity index (χ1v) is 12.2. The number of rotatable bonds is 11. The van der Waals surface area contributed by atoms with Gasteiger partial charge in [-0.1, -0.05) is 6.07 Å². The number of ether oxygens (including phenoxy) is 3. The molecule has 33 heavy (non-hydrogen) atoms. The summed E-state index contributed by atoms with van der Waals surface area (Å²) in [4.78, 5) is 2.34. The van der Waals surface area contributed by atoms with Crippen molar-refractivity contribution in [2.24, 2.45) is 0 Å². The smallest absolute Gasteiger partial charge is 0.161 e. The van der Waals surface area contributed by atoms with Gasteiger partial charge >= 0.3 is 0 Å². The Hall–Kier alpha value is -2.24. The lowest BCUT2D eigenvalue weighted by molar-refractivity contribution is 0.0134. The minimum Gasteiger partial charge on any atom is -0.494 e. The zero-order valence-electron chi connectivity index (χ0n) is 21.1. The molecule has 1 N–H and O–H groups in total. The van der Waals surface area contributed by atoms with Gasteiger partial charge in [-0.15, -0.1) is 0 Å². The first-order valence-electron chi connectivity index (χ1n) is 12.2. The number of benzene rings is 2. The van der Waals surface area contributed by atoms with Gasteiger partial charge in [0.05, 0.1) is 26.4 Å². The van der Waals surface area contributed by atoms with Crippen molar-refractivity contribution in [3.63, 3.8) is 0 Å². The molecular formula is C28H41NO4. The standard InChI is InChI=1S/C28H41NO4/c1-21-8-9-25(18-22(21)2)33-17-7-16-29(3)15-6-12-28(30)13-10-23-19-26(31-4)27(32-5)20-24(23)11-14-28/h8-9,18-20,30H,6-7,10-17H2,1-5H3. The summed E-state index contributed by atoms with van der Waals surface area (Å²) in [6.45, 7) is 6.94. The van der Waals surface area contributed by atoms with Crippen molar-refractivity contribution >= 4 is 0 Å². The maximum Gasteiger partial charge on any atom is 0.161 e. The number of hydrogen-bond acceptors (Lipinski definition) is 5. The van der Waals surface area contributed by atoms with Gasteiger partial charge in [0, 0.05) is 6.54 Å². The fourth-order valence-corrected chi connectivity index (χ4v) is 4.66. The topological polar surface area (TPSA) is 51.2 Å². The average Bonchev–Trinajstić information content (AvgIpc) is 2.97. The molecular weight excluding hydrogens is 414 g/mol. The van der Waals surface area contributed by atoms with Crippen molar-refractivity contribution < 1.29 is 19.3 Å². The second-order valence-corrected chi connectivity index (χ2v) is 9.56. The van der Waals surface area contributed by atoms with Crippen molar-refractivity contribution in [2.45, 2.75) is 64.4 Å². The van der Waals surface area contributed by atoms with Crippen LogP contribution in [-0.4, -0.2) is 56.6 Å². The van der Waals surface area contributed by atoms with E-state index in [0.717, 1.165) is 81.9 Å². The van der Waals surface area contributed by atoms with Gasteiger partial charge in [-0.2, -0.15) is 0 Å². The van der Waals surface area contributed by atoms with Crippen LogP contribution in [0.25, 0.3) is 0 Å². The van der Waals surface area contributed by atoms with E-state index < -0.39 is 5.60 Å². The van der Waals surface area contributed by atoms with Gasteiger partial charge in [0.1, 0.15) is 5.75 Å². The maximum atomic E-state index is 11.3. The lowest BCUT2D eigenvalue weighted by Crippen LogP contribution is -2.31. The van der Waals surface area contributed by atoms with Gasteiger partial charge in [0.2, 0.25) is 0 Å². The SMILES string of the molecule is COc1cc2c(cc1OC)CCC(O)(CCCN(C)CCCOc1ccc(C)c(C)c1)CC2. The number of fused-ring (bicyclic) bond motifs is 1. The van der Waals surface area contributed by atoms with Crippen molar-refractivity contribution in [1.82, 2.24) is 4.90 Å². The highest BCUT2D eigenvalue weighted by Crippen LogP contribution is 2.37. The summed E-state index contributed by atoms with van der Waals surface area (Å²) >= 11 is 0. The molecule has 0 fully saturated rings. The monoisotopic (exact) mass is 455 g/mol. The minimum atomic E-state index is -0.604. The van der Waals surface area contributed by atoms with Crippen LogP contribution in [0.2, 0.25) is 0 Å². The van der Waals surface area contributed by atoms with E-state index >= 15 is 0 Å². The van der Waals surface area contributed by atoms with Crippen LogP contribution in [0.1, 0.15) is 54.4 Å². The summed E-state index contributed by atoms with van der Waals surface area (Å²) in [5.74, 6) is 2.49. The van der Waals surface area contributed by atoms with Crippen LogP contribution in [0, 0.1) is 13.8 Å².